The average molecular weight is 554 g/mol. The van der Waals surface area contributed by atoms with Crippen LogP contribution in [0.3, 0.4) is 0 Å². The molecule has 0 bridgehead atoms. The molecule has 2 aromatic carbocycles. The fraction of sp³-hybridized carbons (Fsp3) is 0.357. The van der Waals surface area contributed by atoms with Crippen molar-refractivity contribution in [3.05, 3.63) is 65.9 Å². The maximum Gasteiger partial charge on any atom is 0.328 e. The number of H-pyrrole nitrogens is 1. The summed E-state index contributed by atoms with van der Waals surface area (Å²) in [6.07, 6.45) is 1.88. The monoisotopic (exact) mass is 553 g/mol. The SMILES string of the molecule is CC(C)C(NC(=O)C(N)Cc1ccc(O)cc1)C(=O)NC(Cc1c[nH]c2ccccc12)C(=O)NC(CO)C(=O)O. The number of nitrogens with one attached hydrogen (secondary N) is 4. The number of amides is 3. The number of para-hydroxylation sites is 1. The Labute approximate surface area is 231 Å². The molecule has 4 atom stereocenters. The molecule has 1 aromatic heterocycles. The highest BCUT2D eigenvalue weighted by atomic mass is 16.4. The van der Waals surface area contributed by atoms with Crippen molar-refractivity contribution in [3.8, 4) is 5.75 Å². The van der Waals surface area contributed by atoms with Gasteiger partial charge in [-0.1, -0.05) is 44.2 Å². The highest BCUT2D eigenvalue weighted by molar-refractivity contribution is 5.95. The number of fused-ring (bicyclic) bond motifs is 1. The Morgan fingerprint density at radius 1 is 0.875 bits per heavy atom. The van der Waals surface area contributed by atoms with Crippen LogP contribution in [0.2, 0.25) is 0 Å². The van der Waals surface area contributed by atoms with Gasteiger partial charge in [0, 0.05) is 23.5 Å². The van der Waals surface area contributed by atoms with Crippen LogP contribution >= 0.6 is 0 Å². The molecule has 214 valence electrons. The van der Waals surface area contributed by atoms with Gasteiger partial charge in [0.2, 0.25) is 17.7 Å². The van der Waals surface area contributed by atoms with Crippen molar-refractivity contribution >= 4 is 34.6 Å². The standard InChI is InChI=1S/C28H35N5O7/c1-15(2)24(33-25(36)20(29)11-16-7-9-18(35)10-8-16)27(38)31-22(26(37)32-23(14-34)28(39)40)12-17-13-30-21-6-4-3-5-19(17)21/h3-10,13,15,20,22-24,30,34-35H,11-12,14,29H2,1-2H3,(H,31,38)(H,32,37)(H,33,36)(H,39,40). The fourth-order valence-electron chi connectivity index (χ4n) is 4.22. The van der Waals surface area contributed by atoms with E-state index in [1.54, 1.807) is 32.2 Å². The maximum atomic E-state index is 13.4. The highest BCUT2D eigenvalue weighted by Gasteiger charge is 2.32. The Morgan fingerprint density at radius 3 is 2.15 bits per heavy atom. The van der Waals surface area contributed by atoms with Gasteiger partial charge < -0.3 is 42.0 Å². The normalized spacial score (nSPS) is 14.2. The molecular weight excluding hydrogens is 518 g/mol. The number of aliphatic carboxylic acids is 1. The smallest absolute Gasteiger partial charge is 0.328 e. The lowest BCUT2D eigenvalue weighted by molar-refractivity contribution is -0.143. The summed E-state index contributed by atoms with van der Waals surface area (Å²) in [5, 5.41) is 36.5. The third-order valence-corrected chi connectivity index (χ3v) is 6.50. The number of aromatic hydroxyl groups is 1. The summed E-state index contributed by atoms with van der Waals surface area (Å²) in [6, 6.07) is 8.79. The number of carboxylic acids is 1. The summed E-state index contributed by atoms with van der Waals surface area (Å²) < 4.78 is 0. The van der Waals surface area contributed by atoms with E-state index >= 15 is 0 Å². The van der Waals surface area contributed by atoms with E-state index in [0.717, 1.165) is 16.5 Å². The Morgan fingerprint density at radius 2 is 1.52 bits per heavy atom. The van der Waals surface area contributed by atoms with Crippen LogP contribution in [0.1, 0.15) is 25.0 Å². The molecule has 0 saturated carbocycles. The molecule has 4 unspecified atom stereocenters. The third kappa shape index (κ3) is 7.80. The topological polar surface area (TPSA) is 207 Å². The third-order valence-electron chi connectivity index (χ3n) is 6.50. The van der Waals surface area contributed by atoms with Crippen LogP contribution in [0.5, 0.6) is 5.75 Å². The first kappa shape index (κ1) is 30.1. The van der Waals surface area contributed by atoms with E-state index < -0.39 is 54.5 Å². The number of carbonyl (C=O) groups excluding carboxylic acids is 3. The van der Waals surface area contributed by atoms with Crippen molar-refractivity contribution in [1.29, 1.82) is 0 Å². The van der Waals surface area contributed by atoms with E-state index in [4.69, 9.17) is 5.73 Å². The van der Waals surface area contributed by atoms with Gasteiger partial charge in [0.25, 0.3) is 0 Å². The predicted octanol–water partition coefficient (Wildman–Crippen LogP) is 0.173. The minimum absolute atomic E-state index is 0.0124. The molecule has 9 N–H and O–H groups in total. The number of phenols is 1. The van der Waals surface area contributed by atoms with E-state index in [1.165, 1.54) is 12.1 Å². The number of rotatable bonds is 13. The van der Waals surface area contributed by atoms with E-state index in [-0.39, 0.29) is 24.5 Å². The van der Waals surface area contributed by atoms with Crippen LogP contribution in [0, 0.1) is 5.92 Å². The number of carboxylic acid groups (broad SMARTS) is 1. The number of aromatic amines is 1. The number of phenolic OH excluding ortho intramolecular Hbond substituents is 1. The predicted molar refractivity (Wildman–Crippen MR) is 147 cm³/mol. The lowest BCUT2D eigenvalue weighted by Gasteiger charge is -2.27. The largest absolute Gasteiger partial charge is 0.508 e. The van der Waals surface area contributed by atoms with Crippen LogP contribution in [-0.4, -0.2) is 74.8 Å². The Hall–Kier alpha value is -4.42. The second-order valence-corrected chi connectivity index (χ2v) is 9.91. The molecule has 40 heavy (non-hydrogen) atoms. The molecule has 1 heterocycles. The maximum absolute atomic E-state index is 13.4. The molecule has 0 aliphatic rings. The van der Waals surface area contributed by atoms with Crippen LogP contribution in [0.4, 0.5) is 0 Å². The van der Waals surface area contributed by atoms with Gasteiger partial charge >= 0.3 is 5.97 Å². The Balaban J connectivity index is 1.77. The van der Waals surface area contributed by atoms with E-state index in [9.17, 15) is 34.5 Å². The summed E-state index contributed by atoms with van der Waals surface area (Å²) in [4.78, 5) is 53.9. The van der Waals surface area contributed by atoms with Crippen molar-refractivity contribution in [2.45, 2.75) is 50.9 Å². The molecule has 3 aromatic rings. The van der Waals surface area contributed by atoms with Crippen molar-refractivity contribution in [2.24, 2.45) is 11.7 Å². The molecule has 0 spiro atoms. The zero-order chi connectivity index (χ0) is 29.4. The van der Waals surface area contributed by atoms with Gasteiger partial charge in [-0.05, 0) is 41.7 Å². The fourth-order valence-corrected chi connectivity index (χ4v) is 4.22. The van der Waals surface area contributed by atoms with Gasteiger partial charge in [0.05, 0.1) is 12.6 Å². The van der Waals surface area contributed by atoms with E-state index in [2.05, 4.69) is 20.9 Å². The number of hydrogen-bond donors (Lipinski definition) is 8. The highest BCUT2D eigenvalue weighted by Crippen LogP contribution is 2.19. The van der Waals surface area contributed by atoms with Crippen LogP contribution in [0.25, 0.3) is 10.9 Å². The molecule has 12 heteroatoms. The number of hydrogen-bond acceptors (Lipinski definition) is 7. The lowest BCUT2D eigenvalue weighted by atomic mass is 9.99. The molecule has 0 aliphatic heterocycles. The Kier molecular flexibility index (Phi) is 10.2. The zero-order valence-corrected chi connectivity index (χ0v) is 22.3. The lowest BCUT2D eigenvalue weighted by Crippen LogP contribution is -2.59. The van der Waals surface area contributed by atoms with Gasteiger partial charge in [-0.3, -0.25) is 14.4 Å². The number of aromatic nitrogens is 1. The number of aliphatic hydroxyl groups is 1. The first-order chi connectivity index (χ1) is 19.0. The molecule has 3 amide bonds. The summed E-state index contributed by atoms with van der Waals surface area (Å²) in [5.74, 6) is -3.77. The summed E-state index contributed by atoms with van der Waals surface area (Å²) >= 11 is 0. The first-order valence-corrected chi connectivity index (χ1v) is 12.8. The molecule has 0 radical (unpaired) electrons. The van der Waals surface area contributed by atoms with Crippen LogP contribution in [0.15, 0.2) is 54.7 Å². The van der Waals surface area contributed by atoms with Crippen molar-refractivity contribution in [1.82, 2.24) is 20.9 Å². The van der Waals surface area contributed by atoms with Crippen molar-refractivity contribution in [3.63, 3.8) is 0 Å². The van der Waals surface area contributed by atoms with E-state index in [1.807, 2.05) is 24.3 Å². The van der Waals surface area contributed by atoms with Gasteiger partial charge in [-0.15, -0.1) is 0 Å². The quantitative estimate of drug-likeness (QED) is 0.146. The van der Waals surface area contributed by atoms with Gasteiger partial charge in [-0.2, -0.15) is 0 Å². The minimum Gasteiger partial charge on any atom is -0.508 e. The molecule has 3 rings (SSSR count). The average Bonchev–Trinajstić information content (AvgIpc) is 3.33. The number of aliphatic hydroxyl groups excluding tert-OH is 1. The molecule has 0 aliphatic carbocycles. The van der Waals surface area contributed by atoms with Crippen molar-refractivity contribution in [2.75, 3.05) is 6.61 Å². The molecule has 0 saturated heterocycles. The summed E-state index contributed by atoms with van der Waals surface area (Å²) in [6.45, 7) is 2.60. The van der Waals surface area contributed by atoms with Gasteiger partial charge in [-0.25, -0.2) is 4.79 Å². The van der Waals surface area contributed by atoms with E-state index in [0.29, 0.717) is 5.56 Å². The molecule has 0 fully saturated rings. The zero-order valence-electron chi connectivity index (χ0n) is 22.3. The molecule has 12 nitrogen and oxygen atoms in total. The summed E-state index contributed by atoms with van der Waals surface area (Å²) in [7, 11) is 0. The van der Waals surface area contributed by atoms with Crippen molar-refractivity contribution < 1.29 is 34.5 Å². The first-order valence-electron chi connectivity index (χ1n) is 12.8. The van der Waals surface area contributed by atoms with Crippen LogP contribution in [-0.2, 0) is 32.0 Å². The van der Waals surface area contributed by atoms with Crippen LogP contribution < -0.4 is 21.7 Å². The van der Waals surface area contributed by atoms with Gasteiger partial charge in [0.15, 0.2) is 0 Å². The Bertz CT molecular complexity index is 1340. The van der Waals surface area contributed by atoms with Gasteiger partial charge in [0.1, 0.15) is 23.9 Å². The molecular formula is C28H35N5O7. The number of nitrogens with two attached hydrogens (primary N) is 1. The number of carbonyl (C=O) groups is 4. The second kappa shape index (κ2) is 13.6. The second-order valence-electron chi connectivity index (χ2n) is 9.91. The minimum atomic E-state index is -1.56. The summed E-state index contributed by atoms with van der Waals surface area (Å²) in [5.41, 5.74) is 8.31. The number of benzene rings is 2.